The molecule has 3 aromatic heterocycles. The summed E-state index contributed by atoms with van der Waals surface area (Å²) < 4.78 is 40.2. The second-order valence-corrected chi connectivity index (χ2v) is 5.18. The molecule has 0 aromatic carbocycles. The Hall–Kier alpha value is -2.09. The fraction of sp³-hybridized carbons (Fsp3) is 0.167. The van der Waals surface area contributed by atoms with Crippen LogP contribution in [0.4, 0.5) is 13.2 Å². The standard InChI is InChI=1S/C12H8F3N3OS/c1-6-5-8(19)18-11(16-6)9(7-3-2-4-20-7)10(17-18)12(13,14)15/h2-5,17H,1H3. The Morgan fingerprint density at radius 2 is 2.15 bits per heavy atom. The Morgan fingerprint density at radius 1 is 1.40 bits per heavy atom. The van der Waals surface area contributed by atoms with Crippen LogP contribution in [-0.2, 0) is 6.18 Å². The molecule has 8 heteroatoms. The summed E-state index contributed by atoms with van der Waals surface area (Å²) in [6.07, 6.45) is -4.59. The van der Waals surface area contributed by atoms with Crippen LogP contribution in [0.5, 0.6) is 0 Å². The molecule has 1 N–H and O–H groups in total. The van der Waals surface area contributed by atoms with Crippen LogP contribution < -0.4 is 5.56 Å². The van der Waals surface area contributed by atoms with Gasteiger partial charge in [-0.1, -0.05) is 6.07 Å². The number of aryl methyl sites for hydroxylation is 1. The molecule has 0 fully saturated rings. The number of H-pyrrole nitrogens is 1. The summed E-state index contributed by atoms with van der Waals surface area (Å²) >= 11 is 1.16. The molecular formula is C12H8F3N3OS. The number of nitrogens with zero attached hydrogens (tertiary/aromatic N) is 2. The monoisotopic (exact) mass is 299 g/mol. The van der Waals surface area contributed by atoms with Crippen molar-refractivity contribution in [1.29, 1.82) is 0 Å². The quantitative estimate of drug-likeness (QED) is 0.750. The van der Waals surface area contributed by atoms with E-state index in [2.05, 4.69) is 10.1 Å². The van der Waals surface area contributed by atoms with Gasteiger partial charge in [0.25, 0.3) is 5.56 Å². The molecule has 0 saturated heterocycles. The van der Waals surface area contributed by atoms with E-state index in [1.54, 1.807) is 24.4 Å². The third-order valence-electron chi connectivity index (χ3n) is 2.80. The van der Waals surface area contributed by atoms with Crippen molar-refractivity contribution in [3.05, 3.63) is 45.3 Å². The first-order valence-electron chi connectivity index (χ1n) is 5.61. The zero-order valence-electron chi connectivity index (χ0n) is 10.2. The van der Waals surface area contributed by atoms with Crippen molar-refractivity contribution < 1.29 is 13.2 Å². The van der Waals surface area contributed by atoms with Gasteiger partial charge in [-0.2, -0.15) is 13.2 Å². The molecule has 0 spiro atoms. The number of fused-ring (bicyclic) bond motifs is 1. The van der Waals surface area contributed by atoms with Gasteiger partial charge in [-0.3, -0.25) is 9.89 Å². The summed E-state index contributed by atoms with van der Waals surface area (Å²) in [6, 6.07) is 4.40. The predicted molar refractivity (Wildman–Crippen MR) is 68.9 cm³/mol. The molecule has 0 saturated carbocycles. The molecule has 3 heterocycles. The molecule has 4 nitrogen and oxygen atoms in total. The lowest BCUT2D eigenvalue weighted by Crippen LogP contribution is -2.15. The number of rotatable bonds is 1. The molecule has 0 amide bonds. The number of halogens is 3. The third-order valence-corrected chi connectivity index (χ3v) is 3.68. The van der Waals surface area contributed by atoms with Crippen LogP contribution in [0.1, 0.15) is 11.4 Å². The summed E-state index contributed by atoms with van der Waals surface area (Å²) in [6.45, 7) is 1.57. The largest absolute Gasteiger partial charge is 0.433 e. The van der Waals surface area contributed by atoms with E-state index in [4.69, 9.17) is 0 Å². The maximum absolute atomic E-state index is 13.1. The smallest absolute Gasteiger partial charge is 0.284 e. The molecule has 0 bridgehead atoms. The van der Waals surface area contributed by atoms with E-state index >= 15 is 0 Å². The van der Waals surface area contributed by atoms with Crippen molar-refractivity contribution in [3.8, 4) is 10.4 Å². The highest BCUT2D eigenvalue weighted by atomic mass is 32.1. The lowest BCUT2D eigenvalue weighted by Gasteiger charge is -2.05. The van der Waals surface area contributed by atoms with Crippen molar-refractivity contribution >= 4 is 17.0 Å². The van der Waals surface area contributed by atoms with Gasteiger partial charge >= 0.3 is 6.18 Å². The van der Waals surface area contributed by atoms with Gasteiger partial charge in [0.2, 0.25) is 0 Å². The fourth-order valence-corrected chi connectivity index (χ4v) is 2.78. The topological polar surface area (TPSA) is 50.2 Å². The van der Waals surface area contributed by atoms with Gasteiger partial charge in [0.05, 0.1) is 5.56 Å². The minimum Gasteiger partial charge on any atom is -0.284 e. The first kappa shape index (κ1) is 12.9. The van der Waals surface area contributed by atoms with Gasteiger partial charge in [0, 0.05) is 16.6 Å². The van der Waals surface area contributed by atoms with Gasteiger partial charge < -0.3 is 0 Å². The summed E-state index contributed by atoms with van der Waals surface area (Å²) in [4.78, 5) is 16.3. The highest BCUT2D eigenvalue weighted by Crippen LogP contribution is 2.39. The zero-order valence-corrected chi connectivity index (χ0v) is 11.0. The van der Waals surface area contributed by atoms with Gasteiger partial charge in [-0.05, 0) is 18.4 Å². The Kier molecular flexibility index (Phi) is 2.72. The van der Waals surface area contributed by atoms with Gasteiger partial charge in [-0.15, -0.1) is 11.3 Å². The second-order valence-electron chi connectivity index (χ2n) is 4.23. The number of nitrogens with one attached hydrogen (secondary N) is 1. The number of aromatic nitrogens is 3. The molecule has 0 radical (unpaired) electrons. The Bertz CT molecular complexity index is 830. The van der Waals surface area contributed by atoms with E-state index in [1.165, 1.54) is 6.07 Å². The Morgan fingerprint density at radius 3 is 2.75 bits per heavy atom. The zero-order chi connectivity index (χ0) is 14.5. The van der Waals surface area contributed by atoms with E-state index in [0.717, 1.165) is 15.9 Å². The summed E-state index contributed by atoms with van der Waals surface area (Å²) in [7, 11) is 0. The molecule has 0 aliphatic carbocycles. The van der Waals surface area contributed by atoms with E-state index in [1.807, 2.05) is 0 Å². The normalized spacial score (nSPS) is 12.2. The van der Waals surface area contributed by atoms with Crippen molar-refractivity contribution in [2.45, 2.75) is 13.1 Å². The summed E-state index contributed by atoms with van der Waals surface area (Å²) in [5.74, 6) is 0. The van der Waals surface area contributed by atoms with E-state index in [9.17, 15) is 18.0 Å². The number of thiophene rings is 1. The molecule has 0 atom stereocenters. The van der Waals surface area contributed by atoms with Crippen LogP contribution in [0.25, 0.3) is 16.1 Å². The molecule has 104 valence electrons. The molecule has 0 aliphatic heterocycles. The Labute approximate surface area is 114 Å². The highest BCUT2D eigenvalue weighted by molar-refractivity contribution is 7.13. The van der Waals surface area contributed by atoms with Crippen LogP contribution >= 0.6 is 11.3 Å². The van der Waals surface area contributed by atoms with E-state index in [-0.39, 0.29) is 11.2 Å². The van der Waals surface area contributed by atoms with Gasteiger partial charge in [0.15, 0.2) is 5.65 Å². The van der Waals surface area contributed by atoms with Crippen molar-refractivity contribution in [1.82, 2.24) is 14.6 Å². The molecule has 3 aromatic rings. The lowest BCUT2D eigenvalue weighted by molar-refractivity contribution is -0.140. The minimum absolute atomic E-state index is 0.00947. The average Bonchev–Trinajstić information content (AvgIpc) is 2.92. The lowest BCUT2D eigenvalue weighted by atomic mass is 10.2. The Balaban J connectivity index is 2.48. The fourth-order valence-electron chi connectivity index (χ4n) is 2.01. The summed E-state index contributed by atoms with van der Waals surface area (Å²) in [5, 5.41) is 3.78. The van der Waals surface area contributed by atoms with E-state index < -0.39 is 17.4 Å². The number of aromatic amines is 1. The van der Waals surface area contributed by atoms with Crippen LogP contribution in [0.3, 0.4) is 0 Å². The predicted octanol–water partition coefficient (Wildman–Crippen LogP) is 3.08. The summed E-state index contributed by atoms with van der Waals surface area (Å²) in [5.41, 5.74) is -1.26. The molecule has 3 rings (SSSR count). The van der Waals surface area contributed by atoms with Crippen molar-refractivity contribution in [2.75, 3.05) is 0 Å². The minimum atomic E-state index is -4.59. The number of alkyl halides is 3. The van der Waals surface area contributed by atoms with E-state index in [0.29, 0.717) is 10.6 Å². The second kappa shape index (κ2) is 4.20. The number of hydrogen-bond acceptors (Lipinski definition) is 3. The van der Waals surface area contributed by atoms with Crippen LogP contribution in [0, 0.1) is 6.92 Å². The van der Waals surface area contributed by atoms with Crippen molar-refractivity contribution in [2.24, 2.45) is 0 Å². The first-order valence-corrected chi connectivity index (χ1v) is 6.49. The van der Waals surface area contributed by atoms with Crippen LogP contribution in [0.15, 0.2) is 28.4 Å². The SMILES string of the molecule is Cc1cc(=O)n2[nH]c(C(F)(F)F)c(-c3cccs3)c2n1. The average molecular weight is 299 g/mol. The molecule has 0 aliphatic rings. The molecule has 0 unspecified atom stereocenters. The molecule has 20 heavy (non-hydrogen) atoms. The van der Waals surface area contributed by atoms with Gasteiger partial charge in [0.1, 0.15) is 5.69 Å². The first-order chi connectivity index (χ1) is 9.38. The maximum Gasteiger partial charge on any atom is 0.433 e. The third kappa shape index (κ3) is 1.92. The van der Waals surface area contributed by atoms with Crippen LogP contribution in [0.2, 0.25) is 0 Å². The molecular weight excluding hydrogens is 291 g/mol. The van der Waals surface area contributed by atoms with Crippen molar-refractivity contribution in [3.63, 3.8) is 0 Å². The van der Waals surface area contributed by atoms with Gasteiger partial charge in [-0.25, -0.2) is 9.50 Å². The number of hydrogen-bond donors (Lipinski definition) is 1. The van der Waals surface area contributed by atoms with Crippen LogP contribution in [-0.4, -0.2) is 14.6 Å². The maximum atomic E-state index is 13.1. The highest BCUT2D eigenvalue weighted by Gasteiger charge is 2.38.